The molecule has 0 fully saturated rings. The zero-order chi connectivity index (χ0) is 28.5. The third kappa shape index (κ3) is 7.24. The quantitative estimate of drug-likeness (QED) is 0.112. The van der Waals surface area contributed by atoms with Crippen molar-refractivity contribution in [2.45, 2.75) is 66.5 Å². The molecule has 10 heteroatoms. The highest BCUT2D eigenvalue weighted by Gasteiger charge is 2.32. The summed E-state index contributed by atoms with van der Waals surface area (Å²) in [5, 5.41) is 14.3. The molecule has 0 spiro atoms. The average Bonchev–Trinajstić information content (AvgIpc) is 3.33. The maximum absolute atomic E-state index is 12.2. The lowest BCUT2D eigenvalue weighted by Gasteiger charge is -2.17. The fourth-order valence-corrected chi connectivity index (χ4v) is 5.04. The second-order valence-corrected chi connectivity index (χ2v) is 10.1. The van der Waals surface area contributed by atoms with Gasteiger partial charge >= 0.3 is 20.5 Å². The molecule has 0 aliphatic carbocycles. The highest BCUT2D eigenvalue weighted by molar-refractivity contribution is 7.20. The van der Waals surface area contributed by atoms with Crippen LogP contribution in [-0.4, -0.2) is 47.6 Å². The van der Waals surface area contributed by atoms with Crippen LogP contribution in [0, 0.1) is 6.92 Å². The van der Waals surface area contributed by atoms with Crippen LogP contribution in [0.2, 0.25) is 0 Å². The highest BCUT2D eigenvalue weighted by Crippen LogP contribution is 2.38. The molecule has 1 heterocycles. The molecular weight excluding hydrogens is 519 g/mol. The molecule has 0 bridgehead atoms. The number of fused-ring (bicyclic) bond motifs is 1. The van der Waals surface area contributed by atoms with Gasteiger partial charge < -0.3 is 24.7 Å². The molecule has 2 unspecified atom stereocenters. The number of hydrogen-bond acceptors (Lipinski definition) is 8. The van der Waals surface area contributed by atoms with Gasteiger partial charge in [-0.15, -0.1) is 0 Å². The molecule has 2 aromatic carbocycles. The summed E-state index contributed by atoms with van der Waals surface area (Å²) in [6.07, 6.45) is 3.99. The number of nitrogens with one attached hydrogen (secondary N) is 1. The van der Waals surface area contributed by atoms with Crippen LogP contribution in [0.5, 0.6) is 11.5 Å². The molecule has 9 nitrogen and oxygen atoms in total. The van der Waals surface area contributed by atoms with Crippen molar-refractivity contribution in [3.8, 4) is 11.5 Å². The molecule has 0 saturated carbocycles. The molecule has 2 aromatic rings. The number of hydrogen-bond donors (Lipinski definition) is 2. The maximum Gasteiger partial charge on any atom is 0.457 e. The van der Waals surface area contributed by atoms with Crippen molar-refractivity contribution >= 4 is 20.5 Å². The first kappa shape index (κ1) is 30.3. The minimum atomic E-state index is -0.974. The number of benzene rings is 2. The largest absolute Gasteiger partial charge is 0.507 e. The van der Waals surface area contributed by atoms with E-state index in [0.717, 1.165) is 44.6 Å². The van der Waals surface area contributed by atoms with Crippen LogP contribution >= 0.6 is 8.61 Å². The van der Waals surface area contributed by atoms with E-state index in [1.54, 1.807) is 19.9 Å². The predicted molar refractivity (Wildman–Crippen MR) is 149 cm³/mol. The Morgan fingerprint density at radius 1 is 1.28 bits per heavy atom. The Hall–Kier alpha value is -3.26. The van der Waals surface area contributed by atoms with Gasteiger partial charge in [0.05, 0.1) is 11.4 Å². The zero-order valence-electron chi connectivity index (χ0n) is 23.3. The summed E-state index contributed by atoms with van der Waals surface area (Å²) in [5.74, 6) is -0.403. The lowest BCUT2D eigenvalue weighted by molar-refractivity contribution is -0.153. The second kappa shape index (κ2) is 14.2. The number of aromatic hydroxyl groups is 1. The molecule has 0 radical (unpaired) electrons. The van der Waals surface area contributed by atoms with Gasteiger partial charge in [-0.25, -0.2) is 4.79 Å². The summed E-state index contributed by atoms with van der Waals surface area (Å²) in [6.45, 7) is 11.1. The number of phenols is 1. The molecule has 0 saturated heterocycles. The van der Waals surface area contributed by atoms with Crippen molar-refractivity contribution < 1.29 is 33.6 Å². The van der Waals surface area contributed by atoms with Gasteiger partial charge in [0.1, 0.15) is 17.9 Å². The summed E-state index contributed by atoms with van der Waals surface area (Å²) in [5.41, 5.74) is 5.95. The van der Waals surface area contributed by atoms with E-state index in [9.17, 15) is 19.3 Å². The van der Waals surface area contributed by atoms with E-state index in [1.165, 1.54) is 0 Å². The summed E-state index contributed by atoms with van der Waals surface area (Å²) < 4.78 is 21.9. The topological polar surface area (TPSA) is 114 Å². The van der Waals surface area contributed by atoms with Crippen LogP contribution in [0.15, 0.2) is 35.9 Å². The minimum Gasteiger partial charge on any atom is -0.507 e. The van der Waals surface area contributed by atoms with Gasteiger partial charge in [-0.1, -0.05) is 36.8 Å². The lowest BCUT2D eigenvalue weighted by Crippen LogP contribution is -2.36. The van der Waals surface area contributed by atoms with Gasteiger partial charge in [-0.3, -0.25) is 4.79 Å². The number of carbonyl (C=O) groups excluding carboxylic acids is 2. The summed E-state index contributed by atoms with van der Waals surface area (Å²) in [7, 11) is -0.974. The Balaban J connectivity index is 1.59. The predicted octanol–water partition coefficient (Wildman–Crippen LogP) is 4.74. The third-order valence-electron chi connectivity index (χ3n) is 6.87. The molecule has 0 amide bonds. The SMILES string of the molecule is CCOC(=O)C(C)N(Oc1ccccc1CCNCC(C)=CCc1c(O)c2c(c(C)c1CC)COC2=O)[PH+]=O. The number of hydroxylamine groups is 1. The summed E-state index contributed by atoms with van der Waals surface area (Å²) >= 11 is 0. The van der Waals surface area contributed by atoms with Crippen molar-refractivity contribution in [2.24, 2.45) is 0 Å². The van der Waals surface area contributed by atoms with E-state index >= 15 is 0 Å². The molecular formula is C29H38N2O7P+. The number of esters is 2. The first-order chi connectivity index (χ1) is 18.7. The van der Waals surface area contributed by atoms with E-state index in [0.29, 0.717) is 37.2 Å². The molecule has 1 aliphatic rings. The smallest absolute Gasteiger partial charge is 0.457 e. The highest BCUT2D eigenvalue weighted by atomic mass is 31.1. The second-order valence-electron chi connectivity index (χ2n) is 9.44. The third-order valence-corrected chi connectivity index (χ3v) is 7.53. The van der Waals surface area contributed by atoms with Gasteiger partial charge in [0.15, 0.2) is 11.8 Å². The first-order valence-corrected chi connectivity index (χ1v) is 14.1. The van der Waals surface area contributed by atoms with Crippen molar-refractivity contribution in [1.29, 1.82) is 0 Å². The van der Waals surface area contributed by atoms with Gasteiger partial charge in [-0.05, 0) is 80.8 Å². The number of phenolic OH excluding ortho intramolecular Hbond substituents is 1. The van der Waals surface area contributed by atoms with Crippen LogP contribution in [0.4, 0.5) is 0 Å². The number of cyclic esters (lactones) is 1. The Morgan fingerprint density at radius 2 is 2.03 bits per heavy atom. The van der Waals surface area contributed by atoms with E-state index < -0.39 is 26.6 Å². The Bertz CT molecular complexity index is 1240. The Kier molecular flexibility index (Phi) is 11.0. The molecule has 210 valence electrons. The summed E-state index contributed by atoms with van der Waals surface area (Å²) in [6, 6.07) is 6.61. The Morgan fingerprint density at radius 3 is 2.72 bits per heavy atom. The summed E-state index contributed by atoms with van der Waals surface area (Å²) in [4.78, 5) is 31.1. The van der Waals surface area contributed by atoms with Crippen LogP contribution in [0.3, 0.4) is 0 Å². The Labute approximate surface area is 231 Å². The van der Waals surface area contributed by atoms with Gasteiger partial charge in [0, 0.05) is 17.7 Å². The lowest BCUT2D eigenvalue weighted by atomic mass is 9.89. The standard InChI is InChI=1S/C29H37N2O7P/c1-6-22-19(4)24-17-37-29(34)26(24)27(32)23(22)13-12-18(3)16-30-15-14-21-10-8-9-11-25(21)38-31(39-35)20(5)28(33)36-7-2/h8-12,20,30,32H,6-7,13-17H2,1-5H3/p+1. The monoisotopic (exact) mass is 557 g/mol. The van der Waals surface area contributed by atoms with Crippen LogP contribution in [0.25, 0.3) is 0 Å². The van der Waals surface area contributed by atoms with Crippen molar-refractivity contribution in [2.75, 3.05) is 19.7 Å². The molecule has 2 atom stereocenters. The molecule has 2 N–H and O–H groups in total. The van der Waals surface area contributed by atoms with Crippen molar-refractivity contribution in [3.63, 3.8) is 0 Å². The van der Waals surface area contributed by atoms with E-state index in [1.807, 2.05) is 39.0 Å². The maximum atomic E-state index is 12.2. The van der Waals surface area contributed by atoms with E-state index in [2.05, 4.69) is 11.4 Å². The first-order valence-electron chi connectivity index (χ1n) is 13.2. The number of nitrogens with zero attached hydrogens (tertiary/aromatic N) is 1. The zero-order valence-corrected chi connectivity index (χ0v) is 24.3. The van der Waals surface area contributed by atoms with Crippen molar-refractivity contribution in [1.82, 2.24) is 10.2 Å². The number of rotatable bonds is 14. The van der Waals surface area contributed by atoms with E-state index in [4.69, 9.17) is 14.3 Å². The minimum absolute atomic E-state index is 0.0357. The van der Waals surface area contributed by atoms with E-state index in [-0.39, 0.29) is 19.0 Å². The molecule has 39 heavy (non-hydrogen) atoms. The normalized spacial score (nSPS) is 13.9. The number of carbonyl (C=O) groups is 2. The van der Waals surface area contributed by atoms with Gasteiger partial charge in [-0.2, -0.15) is 0 Å². The molecule has 0 aromatic heterocycles. The van der Waals surface area contributed by atoms with Crippen LogP contribution < -0.4 is 10.2 Å². The van der Waals surface area contributed by atoms with Crippen LogP contribution in [-0.2, 0) is 44.7 Å². The van der Waals surface area contributed by atoms with Crippen LogP contribution in [0.1, 0.15) is 65.9 Å². The molecule has 1 aliphatic heterocycles. The molecule has 3 rings (SSSR count). The van der Waals surface area contributed by atoms with Gasteiger partial charge in [0.2, 0.25) is 0 Å². The fourth-order valence-electron chi connectivity index (χ4n) is 4.64. The number of ether oxygens (including phenoxy) is 2. The fraction of sp³-hybridized carbons (Fsp3) is 0.448. The van der Waals surface area contributed by atoms with Gasteiger partial charge in [0.25, 0.3) is 0 Å². The number of para-hydroxylation sites is 1. The number of allylic oxidation sites excluding steroid dienone is 1. The van der Waals surface area contributed by atoms with Crippen molar-refractivity contribution in [3.05, 3.63) is 69.3 Å². The average molecular weight is 558 g/mol.